The number of carbonyl (C=O) groups is 1. The maximum Gasteiger partial charge on any atom is 0.227 e. The van der Waals surface area contributed by atoms with E-state index in [0.717, 1.165) is 75.7 Å². The number of anilines is 1. The van der Waals surface area contributed by atoms with Crippen molar-refractivity contribution in [3.05, 3.63) is 78.6 Å². The summed E-state index contributed by atoms with van der Waals surface area (Å²) in [6.07, 6.45) is 12.2. The van der Waals surface area contributed by atoms with Crippen molar-refractivity contribution >= 4 is 33.5 Å². The van der Waals surface area contributed by atoms with E-state index in [1.165, 1.54) is 18.6 Å². The average molecular weight is 546 g/mol. The van der Waals surface area contributed by atoms with E-state index < -0.39 is 0 Å². The molecule has 41 heavy (non-hydrogen) atoms. The van der Waals surface area contributed by atoms with E-state index in [2.05, 4.69) is 30.5 Å². The van der Waals surface area contributed by atoms with Crippen molar-refractivity contribution in [1.29, 1.82) is 0 Å². The van der Waals surface area contributed by atoms with Gasteiger partial charge in [0.2, 0.25) is 5.91 Å². The normalized spacial score (nSPS) is 14.1. The molecular formula is C32H28FN7O. The zero-order chi connectivity index (χ0) is 27.9. The molecule has 1 saturated carbocycles. The molecule has 1 amide bonds. The summed E-state index contributed by atoms with van der Waals surface area (Å²) >= 11 is 0. The number of hydrogen-bond donors (Lipinski definition) is 3. The van der Waals surface area contributed by atoms with Crippen LogP contribution in [0.25, 0.3) is 55.7 Å². The number of carbonyl (C=O) groups excluding carboxylic acids is 1. The quantitative estimate of drug-likeness (QED) is 0.212. The standard InChI is InChI=1S/C32H28FN7O/c1-18-9-20(11-22(33)10-18)25-16-35-17-29-24(25)13-28(37-29)31-30-27(39-40-31)8-7-26(38-30)21-12-23(15-34-14-21)36-32(41)19-5-3-2-4-6-19/h7-17,19,37H,2-6H2,1H3,(H,36,41)(H,39,40). The highest BCUT2D eigenvalue weighted by Crippen LogP contribution is 2.34. The average Bonchev–Trinajstić information content (AvgIpc) is 3.61. The maximum absolute atomic E-state index is 14.2. The van der Waals surface area contributed by atoms with Crippen LogP contribution >= 0.6 is 0 Å². The van der Waals surface area contributed by atoms with Crippen molar-refractivity contribution in [3.63, 3.8) is 0 Å². The fraction of sp³-hybridized carbons (Fsp3) is 0.219. The van der Waals surface area contributed by atoms with Gasteiger partial charge in [-0.2, -0.15) is 5.10 Å². The summed E-state index contributed by atoms with van der Waals surface area (Å²) < 4.78 is 14.2. The van der Waals surface area contributed by atoms with Gasteiger partial charge in [-0.3, -0.25) is 19.9 Å². The number of amides is 1. The van der Waals surface area contributed by atoms with Crippen LogP contribution in [0.4, 0.5) is 10.1 Å². The first-order valence-electron chi connectivity index (χ1n) is 13.9. The molecule has 8 nitrogen and oxygen atoms in total. The smallest absolute Gasteiger partial charge is 0.227 e. The lowest BCUT2D eigenvalue weighted by molar-refractivity contribution is -0.120. The highest BCUT2D eigenvalue weighted by Gasteiger charge is 2.21. The molecule has 204 valence electrons. The van der Waals surface area contributed by atoms with E-state index in [4.69, 9.17) is 4.98 Å². The van der Waals surface area contributed by atoms with Crippen LogP contribution < -0.4 is 5.32 Å². The summed E-state index contributed by atoms with van der Waals surface area (Å²) in [7, 11) is 0. The second kappa shape index (κ2) is 10.2. The third kappa shape index (κ3) is 4.84. The van der Waals surface area contributed by atoms with Crippen molar-refractivity contribution in [2.75, 3.05) is 5.32 Å². The third-order valence-electron chi connectivity index (χ3n) is 7.84. The van der Waals surface area contributed by atoms with Crippen LogP contribution in [0.15, 0.2) is 67.3 Å². The zero-order valence-corrected chi connectivity index (χ0v) is 22.5. The van der Waals surface area contributed by atoms with Gasteiger partial charge >= 0.3 is 0 Å². The predicted molar refractivity (Wildman–Crippen MR) is 158 cm³/mol. The fourth-order valence-corrected chi connectivity index (χ4v) is 5.81. The van der Waals surface area contributed by atoms with Crippen molar-refractivity contribution in [1.82, 2.24) is 30.1 Å². The Bertz CT molecular complexity index is 1900. The maximum atomic E-state index is 14.2. The molecule has 0 bridgehead atoms. The largest absolute Gasteiger partial charge is 0.352 e. The molecule has 3 N–H and O–H groups in total. The molecular weight excluding hydrogens is 517 g/mol. The minimum Gasteiger partial charge on any atom is -0.352 e. The van der Waals surface area contributed by atoms with E-state index in [-0.39, 0.29) is 17.6 Å². The van der Waals surface area contributed by atoms with Crippen LogP contribution in [0.2, 0.25) is 0 Å². The summed E-state index contributed by atoms with van der Waals surface area (Å²) in [6.45, 7) is 1.87. The van der Waals surface area contributed by atoms with E-state index in [9.17, 15) is 9.18 Å². The van der Waals surface area contributed by atoms with Crippen molar-refractivity contribution in [2.24, 2.45) is 5.92 Å². The number of aryl methyl sites for hydroxylation is 1. The second-order valence-corrected chi connectivity index (χ2v) is 10.8. The van der Waals surface area contributed by atoms with Crippen molar-refractivity contribution < 1.29 is 9.18 Å². The molecule has 5 heterocycles. The zero-order valence-electron chi connectivity index (χ0n) is 22.5. The number of aromatic amines is 2. The van der Waals surface area contributed by atoms with Crippen molar-refractivity contribution in [2.45, 2.75) is 39.0 Å². The number of nitrogens with zero attached hydrogens (tertiary/aromatic N) is 4. The molecule has 7 rings (SSSR count). The van der Waals surface area contributed by atoms with Gasteiger partial charge in [0.25, 0.3) is 0 Å². The van der Waals surface area contributed by atoms with Gasteiger partial charge in [-0.25, -0.2) is 9.37 Å². The lowest BCUT2D eigenvalue weighted by Gasteiger charge is -2.20. The number of H-pyrrole nitrogens is 2. The van der Waals surface area contributed by atoms with Crippen LogP contribution in [-0.4, -0.2) is 36.0 Å². The SMILES string of the molecule is Cc1cc(F)cc(-c2cncc3[nH]c(-c4n[nH]c5ccc(-c6cncc(NC(=O)C7CCCCC7)c6)nc45)cc23)c1. The number of benzene rings is 1. The van der Waals surface area contributed by atoms with Gasteiger partial charge in [-0.05, 0) is 67.3 Å². The Morgan fingerprint density at radius 2 is 1.78 bits per heavy atom. The molecule has 1 aliphatic rings. The number of aromatic nitrogens is 6. The molecule has 0 unspecified atom stereocenters. The van der Waals surface area contributed by atoms with Crippen LogP contribution in [-0.2, 0) is 4.79 Å². The first-order chi connectivity index (χ1) is 20.0. The van der Waals surface area contributed by atoms with Crippen molar-refractivity contribution in [3.8, 4) is 33.8 Å². The lowest BCUT2D eigenvalue weighted by atomic mass is 9.88. The molecule has 0 spiro atoms. The minimum absolute atomic E-state index is 0.0604. The Kier molecular flexibility index (Phi) is 6.26. The predicted octanol–water partition coefficient (Wildman–Crippen LogP) is 7.20. The molecule has 1 aromatic carbocycles. The Hall–Kier alpha value is -4.92. The highest BCUT2D eigenvalue weighted by molar-refractivity contribution is 6.00. The molecule has 0 atom stereocenters. The minimum atomic E-state index is -0.283. The summed E-state index contributed by atoms with van der Waals surface area (Å²) in [5.74, 6) is -0.160. The molecule has 1 aliphatic carbocycles. The fourth-order valence-electron chi connectivity index (χ4n) is 5.81. The molecule has 6 aromatic rings. The van der Waals surface area contributed by atoms with E-state index >= 15 is 0 Å². The molecule has 0 aliphatic heterocycles. The topological polar surface area (TPSA) is 112 Å². The van der Waals surface area contributed by atoms with E-state index in [1.807, 2.05) is 37.3 Å². The van der Waals surface area contributed by atoms with Gasteiger partial charge < -0.3 is 10.3 Å². The van der Waals surface area contributed by atoms with Gasteiger partial charge in [0, 0.05) is 34.8 Å². The molecule has 5 aromatic heterocycles. The first kappa shape index (κ1) is 25.1. The van der Waals surface area contributed by atoms with Gasteiger partial charge in [0.1, 0.15) is 17.0 Å². The van der Waals surface area contributed by atoms with E-state index in [0.29, 0.717) is 16.9 Å². The van der Waals surface area contributed by atoms with Gasteiger partial charge in [-0.1, -0.05) is 25.3 Å². The second-order valence-electron chi connectivity index (χ2n) is 10.8. The molecule has 0 radical (unpaired) electrons. The van der Waals surface area contributed by atoms with E-state index in [1.54, 1.807) is 24.8 Å². The van der Waals surface area contributed by atoms with Crippen LogP contribution in [0.1, 0.15) is 37.7 Å². The molecule has 1 fully saturated rings. The number of halogens is 1. The van der Waals surface area contributed by atoms with Gasteiger partial charge in [-0.15, -0.1) is 0 Å². The Balaban J connectivity index is 1.23. The summed E-state index contributed by atoms with van der Waals surface area (Å²) in [5, 5.41) is 11.6. The lowest BCUT2D eigenvalue weighted by Crippen LogP contribution is -2.24. The van der Waals surface area contributed by atoms with Crippen LogP contribution in [0, 0.1) is 18.7 Å². The first-order valence-corrected chi connectivity index (χ1v) is 13.9. The Morgan fingerprint density at radius 1 is 0.927 bits per heavy atom. The molecule has 0 saturated heterocycles. The third-order valence-corrected chi connectivity index (χ3v) is 7.84. The Morgan fingerprint density at radius 3 is 2.63 bits per heavy atom. The Labute approximate surface area is 235 Å². The number of nitrogens with one attached hydrogen (secondary N) is 3. The highest BCUT2D eigenvalue weighted by atomic mass is 19.1. The van der Waals surface area contributed by atoms with Crippen LogP contribution in [0.3, 0.4) is 0 Å². The number of fused-ring (bicyclic) bond motifs is 2. The molecule has 9 heteroatoms. The summed E-state index contributed by atoms with van der Waals surface area (Å²) in [6, 6.07) is 12.7. The van der Waals surface area contributed by atoms with Gasteiger partial charge in [0.15, 0.2) is 0 Å². The number of hydrogen-bond acceptors (Lipinski definition) is 5. The number of pyridine rings is 3. The summed E-state index contributed by atoms with van der Waals surface area (Å²) in [5.41, 5.74) is 8.35. The number of rotatable bonds is 5. The summed E-state index contributed by atoms with van der Waals surface area (Å²) in [4.78, 5) is 29.9. The van der Waals surface area contributed by atoms with Crippen LogP contribution in [0.5, 0.6) is 0 Å². The monoisotopic (exact) mass is 545 g/mol. The van der Waals surface area contributed by atoms with Gasteiger partial charge in [0.05, 0.1) is 40.5 Å².